The zero-order valence-electron chi connectivity index (χ0n) is 7.41. The molecule has 0 saturated heterocycles. The first-order valence-corrected chi connectivity index (χ1v) is 4.60. The largest absolute Gasteiger partial charge is 0.504 e. The van der Waals surface area contributed by atoms with Crippen LogP contribution in [0.15, 0.2) is 16.6 Å². The molecule has 13 heavy (non-hydrogen) atoms. The molecule has 3 nitrogen and oxygen atoms in total. The molecule has 0 aliphatic rings. The SMILES string of the molecule is COc1cc(C(C)O)c(Br)cc1O. The fourth-order valence-corrected chi connectivity index (χ4v) is 1.70. The summed E-state index contributed by atoms with van der Waals surface area (Å²) < 4.78 is 5.58. The van der Waals surface area contributed by atoms with Gasteiger partial charge in [-0.25, -0.2) is 0 Å². The molecule has 2 N–H and O–H groups in total. The number of phenols is 1. The van der Waals surface area contributed by atoms with Crippen LogP contribution in [0.2, 0.25) is 0 Å². The van der Waals surface area contributed by atoms with Crippen LogP contribution >= 0.6 is 15.9 Å². The van der Waals surface area contributed by atoms with Crippen molar-refractivity contribution < 1.29 is 14.9 Å². The van der Waals surface area contributed by atoms with E-state index in [4.69, 9.17) is 4.74 Å². The molecule has 72 valence electrons. The van der Waals surface area contributed by atoms with Crippen LogP contribution in [-0.4, -0.2) is 17.3 Å². The molecule has 0 saturated carbocycles. The lowest BCUT2D eigenvalue weighted by Crippen LogP contribution is -1.94. The van der Waals surface area contributed by atoms with E-state index in [9.17, 15) is 10.2 Å². The summed E-state index contributed by atoms with van der Waals surface area (Å²) >= 11 is 3.24. The van der Waals surface area contributed by atoms with Gasteiger partial charge in [-0.3, -0.25) is 0 Å². The van der Waals surface area contributed by atoms with E-state index in [1.54, 1.807) is 13.0 Å². The molecule has 4 heteroatoms. The van der Waals surface area contributed by atoms with E-state index >= 15 is 0 Å². The van der Waals surface area contributed by atoms with Crippen molar-refractivity contribution in [2.45, 2.75) is 13.0 Å². The number of rotatable bonds is 2. The van der Waals surface area contributed by atoms with Crippen molar-refractivity contribution in [3.05, 3.63) is 22.2 Å². The molecule has 0 aromatic heterocycles. The van der Waals surface area contributed by atoms with Crippen molar-refractivity contribution in [2.75, 3.05) is 7.11 Å². The van der Waals surface area contributed by atoms with Gasteiger partial charge in [0.25, 0.3) is 0 Å². The highest BCUT2D eigenvalue weighted by Crippen LogP contribution is 2.34. The Kier molecular flexibility index (Phi) is 3.17. The highest BCUT2D eigenvalue weighted by Gasteiger charge is 2.11. The zero-order chi connectivity index (χ0) is 10.0. The summed E-state index contributed by atoms with van der Waals surface area (Å²) in [6.07, 6.45) is -0.594. The van der Waals surface area contributed by atoms with E-state index in [1.807, 2.05) is 0 Å². The summed E-state index contributed by atoms with van der Waals surface area (Å²) in [7, 11) is 1.47. The van der Waals surface area contributed by atoms with E-state index in [0.717, 1.165) is 0 Å². The number of aliphatic hydroxyl groups excluding tert-OH is 1. The first-order chi connectivity index (χ1) is 6.06. The highest BCUT2D eigenvalue weighted by atomic mass is 79.9. The van der Waals surface area contributed by atoms with E-state index in [2.05, 4.69) is 15.9 Å². The predicted molar refractivity (Wildman–Crippen MR) is 53.0 cm³/mol. The number of halogens is 1. The normalized spacial score (nSPS) is 12.6. The monoisotopic (exact) mass is 246 g/mol. The Labute approximate surface area is 85.1 Å². The molecule has 0 bridgehead atoms. The minimum atomic E-state index is -0.594. The number of benzene rings is 1. The maximum atomic E-state index is 9.36. The van der Waals surface area contributed by atoms with Crippen LogP contribution < -0.4 is 4.74 Å². The molecule has 0 heterocycles. The lowest BCUT2D eigenvalue weighted by atomic mass is 10.1. The number of hydrogen-bond donors (Lipinski definition) is 2. The van der Waals surface area contributed by atoms with Crippen molar-refractivity contribution in [3.63, 3.8) is 0 Å². The Bertz CT molecular complexity index is 310. The quantitative estimate of drug-likeness (QED) is 0.842. The summed E-state index contributed by atoms with van der Waals surface area (Å²) in [6.45, 7) is 1.65. The second-order valence-corrected chi connectivity index (χ2v) is 3.58. The van der Waals surface area contributed by atoms with Crippen LogP contribution in [0.25, 0.3) is 0 Å². The van der Waals surface area contributed by atoms with Gasteiger partial charge in [-0.15, -0.1) is 0 Å². The van der Waals surface area contributed by atoms with Crippen molar-refractivity contribution in [2.24, 2.45) is 0 Å². The number of aromatic hydroxyl groups is 1. The molecule has 1 aromatic rings. The minimum absolute atomic E-state index is 0.0544. The van der Waals surface area contributed by atoms with Crippen LogP contribution in [-0.2, 0) is 0 Å². The predicted octanol–water partition coefficient (Wildman–Crippen LogP) is 2.22. The summed E-state index contributed by atoms with van der Waals surface area (Å²) in [5.41, 5.74) is 0.689. The number of methoxy groups -OCH3 is 1. The molecular formula is C9H11BrO3. The Balaban J connectivity index is 3.22. The molecule has 0 fully saturated rings. The molecule has 1 rings (SSSR count). The number of phenolic OH excluding ortho intramolecular Hbond substituents is 1. The third-order valence-corrected chi connectivity index (χ3v) is 2.44. The molecule has 1 unspecified atom stereocenters. The second-order valence-electron chi connectivity index (χ2n) is 2.72. The van der Waals surface area contributed by atoms with Gasteiger partial charge in [0, 0.05) is 4.47 Å². The maximum Gasteiger partial charge on any atom is 0.160 e. The standard InChI is InChI=1S/C9H11BrO3/c1-5(11)6-3-9(13-2)8(12)4-7(6)10/h3-5,11-12H,1-2H3. The molecule has 0 aliphatic carbocycles. The lowest BCUT2D eigenvalue weighted by molar-refractivity contribution is 0.198. The van der Waals surface area contributed by atoms with Gasteiger partial charge in [-0.2, -0.15) is 0 Å². The van der Waals surface area contributed by atoms with Gasteiger partial charge in [0.05, 0.1) is 13.2 Å². The Morgan fingerprint density at radius 3 is 2.54 bits per heavy atom. The highest BCUT2D eigenvalue weighted by molar-refractivity contribution is 9.10. The molecule has 1 atom stereocenters. The van der Waals surface area contributed by atoms with E-state index in [1.165, 1.54) is 13.2 Å². The maximum absolute atomic E-state index is 9.36. The van der Waals surface area contributed by atoms with E-state index < -0.39 is 6.10 Å². The van der Waals surface area contributed by atoms with Crippen molar-refractivity contribution in [1.82, 2.24) is 0 Å². The molecule has 0 amide bonds. The third-order valence-electron chi connectivity index (χ3n) is 1.75. The molecule has 0 aliphatic heterocycles. The number of hydrogen-bond acceptors (Lipinski definition) is 3. The fraction of sp³-hybridized carbons (Fsp3) is 0.333. The van der Waals surface area contributed by atoms with Gasteiger partial charge in [0.2, 0.25) is 0 Å². The van der Waals surface area contributed by atoms with Crippen LogP contribution in [0.1, 0.15) is 18.6 Å². The minimum Gasteiger partial charge on any atom is -0.504 e. The summed E-state index contributed by atoms with van der Waals surface area (Å²) in [6, 6.07) is 3.10. The Morgan fingerprint density at radius 1 is 1.46 bits per heavy atom. The van der Waals surface area contributed by atoms with Crippen molar-refractivity contribution in [1.29, 1.82) is 0 Å². The van der Waals surface area contributed by atoms with E-state index in [0.29, 0.717) is 15.8 Å². The van der Waals surface area contributed by atoms with Crippen molar-refractivity contribution in [3.8, 4) is 11.5 Å². The first kappa shape index (κ1) is 10.3. The van der Waals surface area contributed by atoms with E-state index in [-0.39, 0.29) is 5.75 Å². The van der Waals surface area contributed by atoms with Gasteiger partial charge in [-0.05, 0) is 24.6 Å². The van der Waals surface area contributed by atoms with Crippen LogP contribution in [0.5, 0.6) is 11.5 Å². The summed E-state index contributed by atoms with van der Waals surface area (Å²) in [5, 5.41) is 18.7. The summed E-state index contributed by atoms with van der Waals surface area (Å²) in [4.78, 5) is 0. The van der Waals surface area contributed by atoms with Crippen LogP contribution in [0.3, 0.4) is 0 Å². The molecular weight excluding hydrogens is 236 g/mol. The van der Waals surface area contributed by atoms with Gasteiger partial charge < -0.3 is 14.9 Å². The topological polar surface area (TPSA) is 49.7 Å². The number of ether oxygens (including phenoxy) is 1. The summed E-state index contributed by atoms with van der Waals surface area (Å²) in [5.74, 6) is 0.415. The van der Waals surface area contributed by atoms with Gasteiger partial charge >= 0.3 is 0 Å². The van der Waals surface area contributed by atoms with Gasteiger partial charge in [-0.1, -0.05) is 15.9 Å². The van der Waals surface area contributed by atoms with Gasteiger partial charge in [0.1, 0.15) is 0 Å². The van der Waals surface area contributed by atoms with Crippen LogP contribution in [0, 0.1) is 0 Å². The first-order valence-electron chi connectivity index (χ1n) is 3.80. The Hall–Kier alpha value is -0.740. The fourth-order valence-electron chi connectivity index (χ4n) is 1.04. The lowest BCUT2D eigenvalue weighted by Gasteiger charge is -2.10. The average molecular weight is 247 g/mol. The van der Waals surface area contributed by atoms with Gasteiger partial charge in [0.15, 0.2) is 11.5 Å². The van der Waals surface area contributed by atoms with Crippen molar-refractivity contribution >= 4 is 15.9 Å². The number of aliphatic hydroxyl groups is 1. The van der Waals surface area contributed by atoms with Crippen LogP contribution in [0.4, 0.5) is 0 Å². The molecule has 0 spiro atoms. The smallest absolute Gasteiger partial charge is 0.160 e. The second kappa shape index (κ2) is 3.98. The zero-order valence-corrected chi connectivity index (χ0v) is 9.00. The molecule has 1 aromatic carbocycles. The Morgan fingerprint density at radius 2 is 2.08 bits per heavy atom. The third kappa shape index (κ3) is 2.14. The molecule has 0 radical (unpaired) electrons. The average Bonchev–Trinajstić information content (AvgIpc) is 2.03.